The maximum atomic E-state index is 8.50. The predicted octanol–water partition coefficient (Wildman–Crippen LogP) is 2.18. The maximum Gasteiger partial charge on any atom is 0.0294 e. The van der Waals surface area contributed by atoms with E-state index in [4.69, 9.17) is 5.21 Å². The van der Waals surface area contributed by atoms with Gasteiger partial charge >= 0.3 is 0 Å². The molecule has 0 spiro atoms. The van der Waals surface area contributed by atoms with Crippen molar-refractivity contribution < 1.29 is 5.21 Å². The molecular weight excluding hydrogens is 126 g/mol. The first-order valence-electron chi connectivity index (χ1n) is 4.10. The number of hydrogen-bond donors (Lipinski definition) is 2. The summed E-state index contributed by atoms with van der Waals surface area (Å²) in [4.78, 5) is 0. The van der Waals surface area contributed by atoms with Crippen LogP contribution in [0.1, 0.15) is 40.0 Å². The molecule has 2 unspecified atom stereocenters. The highest BCUT2D eigenvalue weighted by Crippen LogP contribution is 2.11. The molecule has 10 heavy (non-hydrogen) atoms. The zero-order valence-corrected chi connectivity index (χ0v) is 7.22. The summed E-state index contributed by atoms with van der Waals surface area (Å²) < 4.78 is 0. The molecule has 0 aliphatic carbocycles. The Labute approximate surface area is 63.6 Å². The van der Waals surface area contributed by atoms with Crippen LogP contribution in [-0.2, 0) is 0 Å². The lowest BCUT2D eigenvalue weighted by Crippen LogP contribution is -2.24. The van der Waals surface area contributed by atoms with Crippen molar-refractivity contribution in [3.8, 4) is 0 Å². The van der Waals surface area contributed by atoms with Gasteiger partial charge in [0.05, 0.1) is 0 Å². The van der Waals surface area contributed by atoms with E-state index in [1.807, 2.05) is 6.92 Å². The summed E-state index contributed by atoms with van der Waals surface area (Å²) in [6.45, 7) is 6.40. The monoisotopic (exact) mass is 145 g/mol. The van der Waals surface area contributed by atoms with Gasteiger partial charge in [-0.1, -0.05) is 26.7 Å². The summed E-state index contributed by atoms with van der Waals surface area (Å²) >= 11 is 0. The lowest BCUT2D eigenvalue weighted by atomic mass is 9.99. The van der Waals surface area contributed by atoms with Crippen LogP contribution in [0.3, 0.4) is 0 Å². The Morgan fingerprint density at radius 3 is 2.40 bits per heavy atom. The highest BCUT2D eigenvalue weighted by Gasteiger charge is 2.05. The fourth-order valence-corrected chi connectivity index (χ4v) is 1.27. The van der Waals surface area contributed by atoms with E-state index in [2.05, 4.69) is 19.3 Å². The second kappa shape index (κ2) is 5.69. The van der Waals surface area contributed by atoms with Gasteiger partial charge in [-0.05, 0) is 19.3 Å². The molecule has 0 aromatic carbocycles. The average molecular weight is 145 g/mol. The van der Waals surface area contributed by atoms with Crippen LogP contribution in [0.4, 0.5) is 0 Å². The van der Waals surface area contributed by atoms with Crippen LogP contribution >= 0.6 is 0 Å². The molecule has 0 saturated heterocycles. The van der Waals surface area contributed by atoms with Gasteiger partial charge in [-0.3, -0.25) is 0 Å². The van der Waals surface area contributed by atoms with Crippen molar-refractivity contribution in [1.82, 2.24) is 5.48 Å². The molecule has 0 saturated carbocycles. The van der Waals surface area contributed by atoms with Gasteiger partial charge in [0.25, 0.3) is 0 Å². The quantitative estimate of drug-likeness (QED) is 0.581. The summed E-state index contributed by atoms with van der Waals surface area (Å²) in [5, 5.41) is 8.50. The molecule has 2 heteroatoms. The van der Waals surface area contributed by atoms with E-state index < -0.39 is 0 Å². The van der Waals surface area contributed by atoms with E-state index in [-0.39, 0.29) is 6.04 Å². The fraction of sp³-hybridized carbons (Fsp3) is 1.00. The number of hydrogen-bond acceptors (Lipinski definition) is 2. The molecule has 0 aliphatic rings. The topological polar surface area (TPSA) is 32.3 Å². The van der Waals surface area contributed by atoms with Gasteiger partial charge in [-0.15, -0.1) is 0 Å². The van der Waals surface area contributed by atoms with Crippen molar-refractivity contribution in [3.63, 3.8) is 0 Å². The smallest absolute Gasteiger partial charge is 0.0294 e. The molecule has 0 heterocycles. The SMILES string of the molecule is CCCC(C)CC(C)NO. The molecule has 2 nitrogen and oxygen atoms in total. The molecule has 0 aromatic rings. The fourth-order valence-electron chi connectivity index (χ4n) is 1.27. The van der Waals surface area contributed by atoms with Crippen molar-refractivity contribution in [2.24, 2.45) is 5.92 Å². The zero-order valence-electron chi connectivity index (χ0n) is 7.22. The van der Waals surface area contributed by atoms with Gasteiger partial charge in [-0.25, -0.2) is 5.48 Å². The molecule has 62 valence electrons. The lowest BCUT2D eigenvalue weighted by Gasteiger charge is -2.14. The van der Waals surface area contributed by atoms with E-state index in [1.165, 1.54) is 12.8 Å². The van der Waals surface area contributed by atoms with E-state index in [0.29, 0.717) is 0 Å². The normalized spacial score (nSPS) is 16.8. The number of rotatable bonds is 5. The molecule has 0 radical (unpaired) electrons. The molecule has 0 fully saturated rings. The van der Waals surface area contributed by atoms with Crippen molar-refractivity contribution in [2.45, 2.75) is 46.1 Å². The second-order valence-corrected chi connectivity index (χ2v) is 3.16. The van der Waals surface area contributed by atoms with Crippen LogP contribution in [0.25, 0.3) is 0 Å². The number of nitrogens with one attached hydrogen (secondary N) is 1. The van der Waals surface area contributed by atoms with Gasteiger partial charge in [-0.2, -0.15) is 0 Å². The van der Waals surface area contributed by atoms with Crippen LogP contribution in [-0.4, -0.2) is 11.2 Å². The van der Waals surface area contributed by atoms with Gasteiger partial charge in [0, 0.05) is 6.04 Å². The van der Waals surface area contributed by atoms with Gasteiger partial charge in [0.15, 0.2) is 0 Å². The van der Waals surface area contributed by atoms with E-state index in [0.717, 1.165) is 12.3 Å². The Kier molecular flexibility index (Phi) is 5.64. The Morgan fingerprint density at radius 2 is 2.00 bits per heavy atom. The third kappa shape index (κ3) is 4.77. The second-order valence-electron chi connectivity index (χ2n) is 3.16. The molecular formula is C8H19NO. The van der Waals surface area contributed by atoms with Gasteiger partial charge in [0.2, 0.25) is 0 Å². The third-order valence-corrected chi connectivity index (χ3v) is 1.76. The Balaban J connectivity index is 3.27. The Hall–Kier alpha value is -0.0800. The number of hydroxylamine groups is 1. The average Bonchev–Trinajstić information content (AvgIpc) is 1.88. The minimum Gasteiger partial charge on any atom is -0.317 e. The largest absolute Gasteiger partial charge is 0.317 e. The summed E-state index contributed by atoms with van der Waals surface area (Å²) in [6.07, 6.45) is 3.55. The first-order valence-corrected chi connectivity index (χ1v) is 4.10. The van der Waals surface area contributed by atoms with Gasteiger partial charge in [0.1, 0.15) is 0 Å². The summed E-state index contributed by atoms with van der Waals surface area (Å²) in [6, 6.07) is 0.238. The van der Waals surface area contributed by atoms with Crippen LogP contribution in [0.5, 0.6) is 0 Å². The highest BCUT2D eigenvalue weighted by molar-refractivity contribution is 4.60. The first-order chi connectivity index (χ1) is 4.70. The molecule has 2 atom stereocenters. The summed E-state index contributed by atoms with van der Waals surface area (Å²) in [7, 11) is 0. The standard InChI is InChI=1S/C8H19NO/c1-4-5-7(2)6-8(3)9-10/h7-10H,4-6H2,1-3H3. The highest BCUT2D eigenvalue weighted by atomic mass is 16.5. The van der Waals surface area contributed by atoms with Crippen LogP contribution in [0.2, 0.25) is 0 Å². The van der Waals surface area contributed by atoms with Crippen molar-refractivity contribution >= 4 is 0 Å². The van der Waals surface area contributed by atoms with Crippen molar-refractivity contribution in [3.05, 3.63) is 0 Å². The Bertz CT molecular complexity index is 75.7. The predicted molar refractivity (Wildman–Crippen MR) is 43.1 cm³/mol. The Morgan fingerprint density at radius 1 is 1.40 bits per heavy atom. The van der Waals surface area contributed by atoms with E-state index in [9.17, 15) is 0 Å². The molecule has 0 bridgehead atoms. The molecule has 0 aromatic heterocycles. The van der Waals surface area contributed by atoms with E-state index >= 15 is 0 Å². The van der Waals surface area contributed by atoms with Crippen molar-refractivity contribution in [2.75, 3.05) is 0 Å². The maximum absolute atomic E-state index is 8.50. The van der Waals surface area contributed by atoms with E-state index in [1.54, 1.807) is 0 Å². The minimum atomic E-state index is 0.238. The molecule has 0 rings (SSSR count). The summed E-state index contributed by atoms with van der Waals surface area (Å²) in [5.41, 5.74) is 2.25. The molecule has 2 N–H and O–H groups in total. The molecule has 0 aliphatic heterocycles. The zero-order chi connectivity index (χ0) is 7.98. The van der Waals surface area contributed by atoms with Crippen molar-refractivity contribution in [1.29, 1.82) is 0 Å². The first kappa shape index (κ1) is 9.92. The third-order valence-electron chi connectivity index (χ3n) is 1.76. The minimum absolute atomic E-state index is 0.238. The molecule has 0 amide bonds. The van der Waals surface area contributed by atoms with Crippen LogP contribution in [0, 0.1) is 5.92 Å². The van der Waals surface area contributed by atoms with Gasteiger partial charge < -0.3 is 5.21 Å². The summed E-state index contributed by atoms with van der Waals surface area (Å²) in [5.74, 6) is 0.722. The van der Waals surface area contributed by atoms with Crippen LogP contribution in [0.15, 0.2) is 0 Å². The lowest BCUT2D eigenvalue weighted by molar-refractivity contribution is 0.121. The van der Waals surface area contributed by atoms with Crippen LogP contribution < -0.4 is 5.48 Å².